The summed E-state index contributed by atoms with van der Waals surface area (Å²) in [5, 5.41) is 33.7. The zero-order chi connectivity index (χ0) is 15.7. The van der Waals surface area contributed by atoms with E-state index in [4.69, 9.17) is 0 Å². The number of amides is 1. The molecule has 1 aromatic carbocycles. The van der Waals surface area contributed by atoms with Crippen LogP contribution in [0.1, 0.15) is 23.7 Å². The van der Waals surface area contributed by atoms with Crippen molar-refractivity contribution in [3.63, 3.8) is 0 Å². The summed E-state index contributed by atoms with van der Waals surface area (Å²) in [6.45, 7) is 2.04. The van der Waals surface area contributed by atoms with E-state index in [1.807, 2.05) is 0 Å². The van der Waals surface area contributed by atoms with Crippen LogP contribution in [0.3, 0.4) is 0 Å². The molecule has 3 N–H and O–H groups in total. The zero-order valence-corrected chi connectivity index (χ0v) is 12.1. The number of hydrogen-bond donors (Lipinski definition) is 3. The normalized spacial score (nSPS) is 25.2. The number of nitrogens with zero attached hydrogens (tertiary/aromatic N) is 4. The minimum atomic E-state index is -1.16. The van der Waals surface area contributed by atoms with E-state index in [9.17, 15) is 15.0 Å². The van der Waals surface area contributed by atoms with E-state index in [2.05, 4.69) is 20.6 Å². The molecule has 1 fully saturated rings. The molecule has 1 saturated heterocycles. The van der Waals surface area contributed by atoms with Gasteiger partial charge in [-0.2, -0.15) is 5.21 Å². The smallest absolute Gasteiger partial charge is 0.254 e. The number of aromatic amines is 1. The molecule has 0 unspecified atom stereocenters. The van der Waals surface area contributed by atoms with Gasteiger partial charge in [-0.05, 0) is 24.6 Å². The summed E-state index contributed by atoms with van der Waals surface area (Å²) in [7, 11) is 0. The van der Waals surface area contributed by atoms with Crippen LogP contribution in [0.25, 0.3) is 11.4 Å². The molecule has 0 bridgehead atoms. The molecule has 1 aliphatic rings. The van der Waals surface area contributed by atoms with Gasteiger partial charge in [0.1, 0.15) is 0 Å². The first-order chi connectivity index (χ1) is 10.5. The first-order valence-corrected chi connectivity index (χ1v) is 7.01. The van der Waals surface area contributed by atoms with E-state index in [1.54, 1.807) is 31.2 Å². The van der Waals surface area contributed by atoms with Gasteiger partial charge in [-0.3, -0.25) is 4.79 Å². The third-order valence-electron chi connectivity index (χ3n) is 4.03. The van der Waals surface area contributed by atoms with E-state index in [1.165, 1.54) is 4.90 Å². The third-order valence-corrected chi connectivity index (χ3v) is 4.03. The number of carbonyl (C=O) groups is 1. The summed E-state index contributed by atoms with van der Waals surface area (Å²) in [6, 6.07) is 6.98. The molecule has 0 radical (unpaired) electrons. The van der Waals surface area contributed by atoms with Crippen molar-refractivity contribution < 1.29 is 15.0 Å². The maximum absolute atomic E-state index is 12.7. The molecule has 8 nitrogen and oxygen atoms in total. The monoisotopic (exact) mass is 303 g/mol. The molecule has 8 heteroatoms. The fourth-order valence-electron chi connectivity index (χ4n) is 2.52. The van der Waals surface area contributed by atoms with E-state index in [-0.39, 0.29) is 12.5 Å². The molecule has 3 rings (SSSR count). The van der Waals surface area contributed by atoms with Gasteiger partial charge >= 0.3 is 0 Å². The number of aliphatic hydroxyl groups is 2. The third kappa shape index (κ3) is 2.58. The summed E-state index contributed by atoms with van der Waals surface area (Å²) in [5.74, 6) is 0.114. The van der Waals surface area contributed by atoms with Gasteiger partial charge in [0.2, 0.25) is 5.82 Å². The number of carbonyl (C=O) groups excluding carboxylic acids is 1. The van der Waals surface area contributed by atoms with Crippen molar-refractivity contribution in [2.75, 3.05) is 13.1 Å². The Morgan fingerprint density at radius 3 is 2.91 bits per heavy atom. The van der Waals surface area contributed by atoms with Crippen LogP contribution in [-0.4, -0.2) is 66.4 Å². The van der Waals surface area contributed by atoms with Crippen molar-refractivity contribution in [3.05, 3.63) is 29.8 Å². The van der Waals surface area contributed by atoms with E-state index in [0.29, 0.717) is 29.9 Å². The van der Waals surface area contributed by atoms with Crippen molar-refractivity contribution in [1.29, 1.82) is 0 Å². The Balaban J connectivity index is 1.88. The minimum Gasteiger partial charge on any atom is -0.388 e. The number of nitrogens with one attached hydrogen (secondary N) is 1. The van der Waals surface area contributed by atoms with E-state index in [0.717, 1.165) is 0 Å². The number of benzene rings is 1. The summed E-state index contributed by atoms with van der Waals surface area (Å²) in [6.07, 6.45) is -0.646. The van der Waals surface area contributed by atoms with Gasteiger partial charge in [0.25, 0.3) is 5.91 Å². The van der Waals surface area contributed by atoms with Crippen LogP contribution in [0.4, 0.5) is 0 Å². The Hall–Kier alpha value is -2.32. The molecule has 0 aliphatic carbocycles. The SMILES string of the molecule is C[C@@]1(O)CCN(C(=O)c2ccccc2-c2nn[nH]n2)C[C@@H]1O. The Morgan fingerprint density at radius 2 is 2.23 bits per heavy atom. The molecule has 0 spiro atoms. The van der Waals surface area contributed by atoms with Gasteiger partial charge in [0.15, 0.2) is 0 Å². The highest BCUT2D eigenvalue weighted by Gasteiger charge is 2.38. The van der Waals surface area contributed by atoms with Crippen LogP contribution in [0.2, 0.25) is 0 Å². The number of rotatable bonds is 2. The van der Waals surface area contributed by atoms with Crippen molar-refractivity contribution >= 4 is 5.91 Å². The Morgan fingerprint density at radius 1 is 1.45 bits per heavy atom. The average Bonchev–Trinajstić information content (AvgIpc) is 3.03. The highest BCUT2D eigenvalue weighted by atomic mass is 16.3. The van der Waals surface area contributed by atoms with Crippen LogP contribution in [0.5, 0.6) is 0 Å². The lowest BCUT2D eigenvalue weighted by Crippen LogP contribution is -2.55. The number of aliphatic hydroxyl groups excluding tert-OH is 1. The molecule has 2 aromatic rings. The second kappa shape index (κ2) is 5.47. The fraction of sp³-hybridized carbons (Fsp3) is 0.429. The predicted octanol–water partition coefficient (Wildman–Crippen LogP) is -0.176. The van der Waals surface area contributed by atoms with Gasteiger partial charge < -0.3 is 15.1 Å². The molecule has 0 saturated carbocycles. The van der Waals surface area contributed by atoms with E-state index >= 15 is 0 Å². The number of H-pyrrole nitrogens is 1. The lowest BCUT2D eigenvalue weighted by molar-refractivity contribution is -0.0999. The summed E-state index contributed by atoms with van der Waals surface area (Å²) >= 11 is 0. The van der Waals surface area contributed by atoms with Gasteiger partial charge in [0.05, 0.1) is 17.3 Å². The van der Waals surface area contributed by atoms with E-state index < -0.39 is 11.7 Å². The summed E-state index contributed by atoms with van der Waals surface area (Å²) in [4.78, 5) is 14.2. The second-order valence-corrected chi connectivity index (χ2v) is 5.66. The number of likely N-dealkylation sites (tertiary alicyclic amines) is 1. The molecular formula is C14H17N5O3. The molecule has 1 aromatic heterocycles. The lowest BCUT2D eigenvalue weighted by Gasteiger charge is -2.40. The molecule has 116 valence electrons. The largest absolute Gasteiger partial charge is 0.388 e. The zero-order valence-electron chi connectivity index (χ0n) is 12.1. The Bertz CT molecular complexity index is 671. The minimum absolute atomic E-state index is 0.0897. The van der Waals surface area contributed by atoms with Crippen LogP contribution >= 0.6 is 0 Å². The van der Waals surface area contributed by atoms with Crippen LogP contribution in [0, 0.1) is 0 Å². The number of hydrogen-bond acceptors (Lipinski definition) is 6. The average molecular weight is 303 g/mol. The van der Waals surface area contributed by atoms with Crippen LogP contribution in [0.15, 0.2) is 24.3 Å². The van der Waals surface area contributed by atoms with Gasteiger partial charge in [0, 0.05) is 18.7 Å². The van der Waals surface area contributed by atoms with Crippen molar-refractivity contribution in [2.45, 2.75) is 25.0 Å². The summed E-state index contributed by atoms with van der Waals surface area (Å²) < 4.78 is 0. The molecular weight excluding hydrogens is 286 g/mol. The van der Waals surface area contributed by atoms with Crippen molar-refractivity contribution in [2.24, 2.45) is 0 Å². The first kappa shape index (κ1) is 14.6. The Kier molecular flexibility index (Phi) is 3.63. The van der Waals surface area contributed by atoms with Crippen molar-refractivity contribution in [3.8, 4) is 11.4 Å². The number of β-amino-alcohol motifs (C(OH)–C–C–N with tert-alkyl or cyclic N) is 1. The lowest BCUT2D eigenvalue weighted by atomic mass is 9.90. The molecule has 1 amide bonds. The van der Waals surface area contributed by atoms with Gasteiger partial charge in [-0.1, -0.05) is 18.2 Å². The molecule has 22 heavy (non-hydrogen) atoms. The molecule has 1 aliphatic heterocycles. The van der Waals surface area contributed by atoms with Gasteiger partial charge in [-0.25, -0.2) is 0 Å². The van der Waals surface area contributed by atoms with Crippen LogP contribution < -0.4 is 0 Å². The predicted molar refractivity (Wildman–Crippen MR) is 76.8 cm³/mol. The molecule has 2 heterocycles. The second-order valence-electron chi connectivity index (χ2n) is 5.66. The highest BCUT2D eigenvalue weighted by molar-refractivity contribution is 6.00. The fourth-order valence-corrected chi connectivity index (χ4v) is 2.52. The number of piperidine rings is 1. The topological polar surface area (TPSA) is 115 Å². The Labute approximate surface area is 126 Å². The first-order valence-electron chi connectivity index (χ1n) is 7.01. The standard InChI is InChI=1S/C14H17N5O3/c1-14(22)6-7-19(8-11(14)20)13(21)10-5-3-2-4-9(10)12-15-17-18-16-12/h2-5,11,20,22H,6-8H2,1H3,(H,15,16,17,18)/t11-,14+/m0/s1. The number of aromatic nitrogens is 4. The summed E-state index contributed by atoms with van der Waals surface area (Å²) in [5.41, 5.74) is -0.144. The maximum atomic E-state index is 12.7. The van der Waals surface area contributed by atoms with Crippen LogP contribution in [-0.2, 0) is 0 Å². The number of tetrazole rings is 1. The quantitative estimate of drug-likeness (QED) is 0.709. The van der Waals surface area contributed by atoms with Crippen molar-refractivity contribution in [1.82, 2.24) is 25.5 Å². The van der Waals surface area contributed by atoms with Gasteiger partial charge in [-0.15, -0.1) is 10.2 Å². The maximum Gasteiger partial charge on any atom is 0.254 e. The molecule has 2 atom stereocenters. The highest BCUT2D eigenvalue weighted by Crippen LogP contribution is 2.26.